The highest BCUT2D eigenvalue weighted by atomic mass is 14.2. The summed E-state index contributed by atoms with van der Waals surface area (Å²) in [5.74, 6) is 0. The van der Waals surface area contributed by atoms with Crippen LogP contribution in [-0.2, 0) is 0 Å². The zero-order chi connectivity index (χ0) is 34.4. The van der Waals surface area contributed by atoms with E-state index in [2.05, 4.69) is 206 Å². The van der Waals surface area contributed by atoms with E-state index in [-0.39, 0.29) is 0 Å². The Bertz CT molecular complexity index is 2880. The highest BCUT2D eigenvalue weighted by Gasteiger charge is 2.18. The number of benzene rings is 10. The van der Waals surface area contributed by atoms with Crippen molar-refractivity contribution < 1.29 is 0 Å². The monoisotopic (exact) mass is 658 g/mol. The molecule has 0 bridgehead atoms. The van der Waals surface area contributed by atoms with Crippen molar-refractivity contribution in [2.75, 3.05) is 0 Å². The van der Waals surface area contributed by atoms with E-state index in [1.807, 2.05) is 0 Å². The van der Waals surface area contributed by atoms with Crippen LogP contribution in [-0.4, -0.2) is 0 Å². The molecule has 0 amide bonds. The van der Waals surface area contributed by atoms with E-state index in [0.717, 1.165) is 0 Å². The van der Waals surface area contributed by atoms with Crippen LogP contribution in [0, 0.1) is 0 Å². The van der Waals surface area contributed by atoms with Crippen molar-refractivity contribution in [3.8, 4) is 55.6 Å². The molecule has 0 nitrogen and oxygen atoms in total. The molecule has 0 fully saturated rings. The minimum absolute atomic E-state index is 1.21. The number of rotatable bonds is 5. The Hall–Kier alpha value is -6.76. The van der Waals surface area contributed by atoms with Crippen molar-refractivity contribution in [1.82, 2.24) is 0 Å². The predicted octanol–water partition coefficient (Wildman–Crippen LogP) is 14.6. The predicted molar refractivity (Wildman–Crippen MR) is 224 cm³/mol. The van der Waals surface area contributed by atoms with E-state index in [9.17, 15) is 0 Å². The van der Waals surface area contributed by atoms with E-state index < -0.39 is 0 Å². The third kappa shape index (κ3) is 5.08. The Balaban J connectivity index is 1.13. The van der Waals surface area contributed by atoms with Gasteiger partial charge in [-0.2, -0.15) is 0 Å². The molecule has 52 heavy (non-hydrogen) atoms. The van der Waals surface area contributed by atoms with Gasteiger partial charge in [0, 0.05) is 0 Å². The Kier molecular flexibility index (Phi) is 7.25. The van der Waals surface area contributed by atoms with Crippen LogP contribution in [0.5, 0.6) is 0 Å². The molecular formula is C52H34. The minimum atomic E-state index is 1.21. The lowest BCUT2D eigenvalue weighted by Crippen LogP contribution is -1.92. The maximum atomic E-state index is 2.36. The Labute approximate surface area is 303 Å². The second-order valence-corrected chi connectivity index (χ2v) is 13.6. The molecule has 0 heteroatoms. The zero-order valence-electron chi connectivity index (χ0n) is 28.6. The smallest absolute Gasteiger partial charge is 0.00262 e. The molecule has 0 unspecified atom stereocenters. The molecule has 0 aliphatic carbocycles. The van der Waals surface area contributed by atoms with E-state index in [0.29, 0.717) is 0 Å². The van der Waals surface area contributed by atoms with Gasteiger partial charge in [-0.1, -0.05) is 194 Å². The highest BCUT2D eigenvalue weighted by Crippen LogP contribution is 2.45. The van der Waals surface area contributed by atoms with Crippen LogP contribution < -0.4 is 0 Å². The van der Waals surface area contributed by atoms with Crippen molar-refractivity contribution in [3.63, 3.8) is 0 Å². The topological polar surface area (TPSA) is 0 Å². The van der Waals surface area contributed by atoms with Crippen LogP contribution in [0.2, 0.25) is 0 Å². The maximum Gasteiger partial charge on any atom is -0.00262 e. The zero-order valence-corrected chi connectivity index (χ0v) is 28.6. The van der Waals surface area contributed by atoms with Gasteiger partial charge in [-0.05, 0) is 111 Å². The summed E-state index contributed by atoms with van der Waals surface area (Å²) in [7, 11) is 0. The van der Waals surface area contributed by atoms with E-state index in [1.165, 1.54) is 98.7 Å². The quantitative estimate of drug-likeness (QED) is 0.161. The average Bonchev–Trinajstić information content (AvgIpc) is 3.22. The Morgan fingerprint density at radius 1 is 0.192 bits per heavy atom. The maximum absolute atomic E-state index is 2.36. The first-order valence-electron chi connectivity index (χ1n) is 18.0. The molecule has 242 valence electrons. The Morgan fingerprint density at radius 3 is 1.33 bits per heavy atom. The summed E-state index contributed by atoms with van der Waals surface area (Å²) in [6.07, 6.45) is 0. The molecule has 0 aromatic heterocycles. The SMILES string of the molecule is c1ccc(-c2c(-c3ccc(-c4c5ccccc5c(-c5cccc(-c6ccc7ccccc7c6)c5)c5ccccc45)cc3)ccc3ccccc23)cc1. The molecule has 10 aromatic carbocycles. The fourth-order valence-electron chi connectivity index (χ4n) is 8.22. The highest BCUT2D eigenvalue weighted by molar-refractivity contribution is 6.21. The van der Waals surface area contributed by atoms with Crippen LogP contribution in [0.4, 0.5) is 0 Å². The van der Waals surface area contributed by atoms with Crippen molar-refractivity contribution in [2.45, 2.75) is 0 Å². The molecule has 0 spiro atoms. The van der Waals surface area contributed by atoms with Crippen LogP contribution in [0.25, 0.3) is 98.7 Å². The molecule has 0 atom stereocenters. The van der Waals surface area contributed by atoms with E-state index in [4.69, 9.17) is 0 Å². The number of hydrogen-bond donors (Lipinski definition) is 0. The molecular weight excluding hydrogens is 625 g/mol. The molecule has 0 aliphatic heterocycles. The van der Waals surface area contributed by atoms with Gasteiger partial charge in [-0.15, -0.1) is 0 Å². The van der Waals surface area contributed by atoms with Gasteiger partial charge in [-0.3, -0.25) is 0 Å². The fraction of sp³-hybridized carbons (Fsp3) is 0. The van der Waals surface area contributed by atoms with Gasteiger partial charge in [-0.25, -0.2) is 0 Å². The van der Waals surface area contributed by atoms with Gasteiger partial charge in [0.25, 0.3) is 0 Å². The molecule has 0 saturated heterocycles. The Morgan fingerprint density at radius 2 is 0.635 bits per heavy atom. The van der Waals surface area contributed by atoms with Crippen LogP contribution in [0.3, 0.4) is 0 Å². The van der Waals surface area contributed by atoms with E-state index in [1.54, 1.807) is 0 Å². The van der Waals surface area contributed by atoms with Gasteiger partial charge in [0.05, 0.1) is 0 Å². The molecule has 0 saturated carbocycles. The lowest BCUT2D eigenvalue weighted by atomic mass is 9.84. The van der Waals surface area contributed by atoms with Gasteiger partial charge < -0.3 is 0 Å². The third-order valence-electron chi connectivity index (χ3n) is 10.6. The van der Waals surface area contributed by atoms with Gasteiger partial charge >= 0.3 is 0 Å². The number of fused-ring (bicyclic) bond motifs is 4. The summed E-state index contributed by atoms with van der Waals surface area (Å²) in [5, 5.41) is 10.1. The molecule has 0 aliphatic rings. The molecule has 10 aromatic rings. The summed E-state index contributed by atoms with van der Waals surface area (Å²) < 4.78 is 0. The first-order valence-corrected chi connectivity index (χ1v) is 18.0. The largest absolute Gasteiger partial charge is 0.0622 e. The van der Waals surface area contributed by atoms with Crippen LogP contribution in [0.1, 0.15) is 0 Å². The molecule has 10 rings (SSSR count). The van der Waals surface area contributed by atoms with Crippen molar-refractivity contribution in [2.24, 2.45) is 0 Å². The average molecular weight is 659 g/mol. The van der Waals surface area contributed by atoms with Crippen LogP contribution in [0.15, 0.2) is 206 Å². The van der Waals surface area contributed by atoms with Crippen LogP contribution >= 0.6 is 0 Å². The molecule has 0 heterocycles. The third-order valence-corrected chi connectivity index (χ3v) is 10.6. The summed E-state index contributed by atoms with van der Waals surface area (Å²) in [4.78, 5) is 0. The lowest BCUT2D eigenvalue weighted by Gasteiger charge is -2.19. The summed E-state index contributed by atoms with van der Waals surface area (Å²) in [5.41, 5.74) is 12.4. The van der Waals surface area contributed by atoms with Crippen molar-refractivity contribution >= 4 is 43.1 Å². The normalized spacial score (nSPS) is 11.5. The lowest BCUT2D eigenvalue weighted by molar-refractivity contribution is 1.60. The van der Waals surface area contributed by atoms with Crippen molar-refractivity contribution in [1.29, 1.82) is 0 Å². The second kappa shape index (κ2) is 12.5. The first-order chi connectivity index (χ1) is 25.8. The summed E-state index contributed by atoms with van der Waals surface area (Å²) >= 11 is 0. The van der Waals surface area contributed by atoms with Gasteiger partial charge in [0.2, 0.25) is 0 Å². The second-order valence-electron chi connectivity index (χ2n) is 13.6. The molecule has 0 radical (unpaired) electrons. The standard InChI is InChI=1S/C52H34/c1-2-15-38(16-3-1)50-44-20-7-6-14-36(44)31-32-45(50)37-26-28-39(29-27-37)51-46-21-8-10-23-48(46)52(49-24-11-9-22-47(49)51)43-19-12-18-41(34-43)42-30-25-35-13-4-5-17-40(35)33-42/h1-34H. The molecule has 0 N–H and O–H groups in total. The minimum Gasteiger partial charge on any atom is -0.0622 e. The fourth-order valence-corrected chi connectivity index (χ4v) is 8.22. The number of hydrogen-bond acceptors (Lipinski definition) is 0. The van der Waals surface area contributed by atoms with E-state index >= 15 is 0 Å². The van der Waals surface area contributed by atoms with Gasteiger partial charge in [0.1, 0.15) is 0 Å². The van der Waals surface area contributed by atoms with Crippen molar-refractivity contribution in [3.05, 3.63) is 206 Å². The summed E-state index contributed by atoms with van der Waals surface area (Å²) in [6.45, 7) is 0. The summed E-state index contributed by atoms with van der Waals surface area (Å²) in [6, 6.07) is 75.5. The first kappa shape index (κ1) is 30.1. The van der Waals surface area contributed by atoms with Gasteiger partial charge in [0.15, 0.2) is 0 Å².